The van der Waals surface area contributed by atoms with Crippen LogP contribution in [0.15, 0.2) is 15.0 Å². The number of hydrogen-bond donors (Lipinski definition) is 1. The summed E-state index contributed by atoms with van der Waals surface area (Å²) in [4.78, 5) is 0. The first kappa shape index (κ1) is 9.00. The van der Waals surface area contributed by atoms with Crippen molar-refractivity contribution >= 4 is 31.9 Å². The molecule has 0 aliphatic carbocycles. The third kappa shape index (κ3) is 1.56. The Morgan fingerprint density at radius 1 is 1.45 bits per heavy atom. The molecule has 0 heterocycles. The van der Waals surface area contributed by atoms with Crippen LogP contribution in [0.3, 0.4) is 0 Å². The highest BCUT2D eigenvalue weighted by molar-refractivity contribution is 9.11. The van der Waals surface area contributed by atoms with Gasteiger partial charge >= 0.3 is 0 Å². The summed E-state index contributed by atoms with van der Waals surface area (Å²) in [5, 5.41) is 9.18. The van der Waals surface area contributed by atoms with Crippen LogP contribution in [0.25, 0.3) is 0 Å². The summed E-state index contributed by atoms with van der Waals surface area (Å²) in [6, 6.07) is 1.52. The van der Waals surface area contributed by atoms with Crippen molar-refractivity contribution in [1.29, 1.82) is 0 Å². The Kier molecular flexibility index (Phi) is 2.54. The van der Waals surface area contributed by atoms with Crippen LogP contribution in [-0.2, 0) is 0 Å². The molecule has 1 aromatic rings. The molecular formula is C7H5Br2FO. The molecule has 1 rings (SSSR count). The Morgan fingerprint density at radius 2 is 2.00 bits per heavy atom. The first-order chi connectivity index (χ1) is 5.04. The molecule has 0 aliphatic heterocycles. The number of rotatable bonds is 0. The molecule has 11 heavy (non-hydrogen) atoms. The number of aryl methyl sites for hydroxylation is 1. The quantitative estimate of drug-likeness (QED) is 0.724. The third-order valence-corrected chi connectivity index (χ3v) is 2.64. The summed E-state index contributed by atoms with van der Waals surface area (Å²) < 4.78 is 13.5. The minimum atomic E-state index is -0.425. The maximum Gasteiger partial charge on any atom is 0.146 e. The van der Waals surface area contributed by atoms with Gasteiger partial charge in [-0.3, -0.25) is 0 Å². The first-order valence-electron chi connectivity index (χ1n) is 2.87. The fraction of sp³-hybridized carbons (Fsp3) is 0.143. The van der Waals surface area contributed by atoms with E-state index >= 15 is 0 Å². The van der Waals surface area contributed by atoms with Crippen LogP contribution in [0.2, 0.25) is 0 Å². The minimum absolute atomic E-state index is 0.101. The molecule has 1 N–H and O–H groups in total. The topological polar surface area (TPSA) is 20.2 Å². The molecule has 0 radical (unpaired) electrons. The van der Waals surface area contributed by atoms with Crippen LogP contribution in [0, 0.1) is 12.7 Å². The summed E-state index contributed by atoms with van der Waals surface area (Å²) in [7, 11) is 0. The molecule has 0 aromatic heterocycles. The van der Waals surface area contributed by atoms with Gasteiger partial charge in [-0.1, -0.05) is 0 Å². The van der Waals surface area contributed by atoms with E-state index in [2.05, 4.69) is 31.9 Å². The lowest BCUT2D eigenvalue weighted by Crippen LogP contribution is -1.85. The summed E-state index contributed by atoms with van der Waals surface area (Å²) in [5.74, 6) is -0.529. The molecule has 1 aromatic carbocycles. The van der Waals surface area contributed by atoms with Gasteiger partial charge in [0.2, 0.25) is 0 Å². The number of phenols is 1. The standard InChI is InChI=1S/C7H5Br2FO/c1-3-2-4(8)7(11)5(9)6(3)10/h2,11H,1H3. The number of phenolic OH excluding ortho intramolecular Hbond substituents is 1. The average molecular weight is 284 g/mol. The highest BCUT2D eigenvalue weighted by atomic mass is 79.9. The second kappa shape index (κ2) is 3.11. The minimum Gasteiger partial charge on any atom is -0.505 e. The lowest BCUT2D eigenvalue weighted by molar-refractivity contribution is 0.460. The van der Waals surface area contributed by atoms with Gasteiger partial charge < -0.3 is 5.11 Å². The van der Waals surface area contributed by atoms with E-state index in [-0.39, 0.29) is 10.2 Å². The number of aromatic hydroxyl groups is 1. The molecule has 0 bridgehead atoms. The van der Waals surface area contributed by atoms with Crippen molar-refractivity contribution in [1.82, 2.24) is 0 Å². The Labute approximate surface area is 80.5 Å². The highest BCUT2D eigenvalue weighted by Crippen LogP contribution is 2.35. The molecule has 0 fully saturated rings. The molecule has 4 heteroatoms. The fourth-order valence-electron chi connectivity index (χ4n) is 0.704. The summed E-state index contributed by atoms with van der Waals surface area (Å²) in [6.45, 7) is 1.63. The largest absolute Gasteiger partial charge is 0.505 e. The van der Waals surface area contributed by atoms with E-state index in [1.807, 2.05) is 0 Å². The van der Waals surface area contributed by atoms with Gasteiger partial charge in [0, 0.05) is 0 Å². The van der Waals surface area contributed by atoms with Crippen LogP contribution >= 0.6 is 31.9 Å². The van der Waals surface area contributed by atoms with Gasteiger partial charge in [0.25, 0.3) is 0 Å². The normalized spacial score (nSPS) is 10.2. The van der Waals surface area contributed by atoms with Crippen molar-refractivity contribution in [3.63, 3.8) is 0 Å². The Morgan fingerprint density at radius 3 is 2.55 bits per heavy atom. The maximum absolute atomic E-state index is 12.9. The van der Waals surface area contributed by atoms with Crippen molar-refractivity contribution in [2.24, 2.45) is 0 Å². The molecule has 1 nitrogen and oxygen atoms in total. The third-order valence-electron chi connectivity index (χ3n) is 1.32. The SMILES string of the molecule is Cc1cc(Br)c(O)c(Br)c1F. The maximum atomic E-state index is 12.9. The van der Waals surface area contributed by atoms with Gasteiger partial charge in [0.15, 0.2) is 0 Å². The van der Waals surface area contributed by atoms with Crippen LogP contribution in [-0.4, -0.2) is 5.11 Å². The summed E-state index contributed by atoms with van der Waals surface area (Å²) in [6.07, 6.45) is 0. The van der Waals surface area contributed by atoms with E-state index in [1.165, 1.54) is 6.07 Å². The second-order valence-electron chi connectivity index (χ2n) is 2.15. The van der Waals surface area contributed by atoms with Gasteiger partial charge in [-0.15, -0.1) is 0 Å². The van der Waals surface area contributed by atoms with Gasteiger partial charge in [0.05, 0.1) is 8.95 Å². The molecule has 0 unspecified atom stereocenters. The van der Waals surface area contributed by atoms with Crippen molar-refractivity contribution < 1.29 is 9.50 Å². The first-order valence-corrected chi connectivity index (χ1v) is 4.45. The van der Waals surface area contributed by atoms with E-state index in [9.17, 15) is 9.50 Å². The Bertz CT molecular complexity index is 273. The average Bonchev–Trinajstić information content (AvgIpc) is 1.97. The predicted molar refractivity (Wildman–Crippen MR) is 48.2 cm³/mol. The van der Waals surface area contributed by atoms with Crippen LogP contribution in [0.1, 0.15) is 5.56 Å². The molecule has 0 atom stereocenters. The van der Waals surface area contributed by atoms with E-state index in [0.29, 0.717) is 10.0 Å². The monoisotopic (exact) mass is 282 g/mol. The second-order valence-corrected chi connectivity index (χ2v) is 3.80. The number of hydrogen-bond acceptors (Lipinski definition) is 1. The van der Waals surface area contributed by atoms with Crippen molar-refractivity contribution in [2.45, 2.75) is 6.92 Å². The zero-order chi connectivity index (χ0) is 8.59. The van der Waals surface area contributed by atoms with Crippen molar-refractivity contribution in [3.8, 4) is 5.75 Å². The molecule has 0 aliphatic rings. The number of benzene rings is 1. The fourth-order valence-corrected chi connectivity index (χ4v) is 2.04. The zero-order valence-corrected chi connectivity index (χ0v) is 8.83. The molecule has 0 amide bonds. The zero-order valence-electron chi connectivity index (χ0n) is 5.66. The van der Waals surface area contributed by atoms with Gasteiger partial charge in [-0.05, 0) is 50.4 Å². The van der Waals surface area contributed by atoms with E-state index in [0.717, 1.165) is 0 Å². The van der Waals surface area contributed by atoms with Gasteiger partial charge in [-0.2, -0.15) is 0 Å². The summed E-state index contributed by atoms with van der Waals surface area (Å²) >= 11 is 6.01. The van der Waals surface area contributed by atoms with Gasteiger partial charge in [0.1, 0.15) is 11.6 Å². The smallest absolute Gasteiger partial charge is 0.146 e. The molecule has 0 saturated carbocycles. The van der Waals surface area contributed by atoms with Crippen molar-refractivity contribution in [3.05, 3.63) is 26.4 Å². The number of halogens is 3. The lowest BCUT2D eigenvalue weighted by Gasteiger charge is -2.03. The van der Waals surface area contributed by atoms with E-state index in [1.54, 1.807) is 6.92 Å². The highest BCUT2D eigenvalue weighted by Gasteiger charge is 2.11. The predicted octanol–water partition coefficient (Wildman–Crippen LogP) is 3.36. The molecular weight excluding hydrogens is 279 g/mol. The molecule has 60 valence electrons. The van der Waals surface area contributed by atoms with Crippen molar-refractivity contribution in [2.75, 3.05) is 0 Å². The van der Waals surface area contributed by atoms with Crippen LogP contribution in [0.4, 0.5) is 4.39 Å². The van der Waals surface area contributed by atoms with Crippen LogP contribution in [0.5, 0.6) is 5.75 Å². The lowest BCUT2D eigenvalue weighted by atomic mass is 10.2. The molecule has 0 spiro atoms. The summed E-state index contributed by atoms with van der Waals surface area (Å²) in [5.41, 5.74) is 0.488. The molecule has 0 saturated heterocycles. The van der Waals surface area contributed by atoms with Gasteiger partial charge in [-0.25, -0.2) is 4.39 Å². The van der Waals surface area contributed by atoms with Crippen LogP contribution < -0.4 is 0 Å². The van der Waals surface area contributed by atoms with E-state index < -0.39 is 5.82 Å². The Hall–Kier alpha value is -0.0900. The van der Waals surface area contributed by atoms with E-state index in [4.69, 9.17) is 0 Å². The Balaban J connectivity index is 3.46.